The molecule has 25 heavy (non-hydrogen) atoms. The lowest BCUT2D eigenvalue weighted by Gasteiger charge is -2.50. The van der Waals surface area contributed by atoms with Gasteiger partial charge < -0.3 is 14.4 Å². The van der Waals surface area contributed by atoms with Crippen LogP contribution in [0.2, 0.25) is 0 Å². The first-order valence-electron chi connectivity index (χ1n) is 8.57. The van der Waals surface area contributed by atoms with Gasteiger partial charge in [0.15, 0.2) is 0 Å². The molecule has 2 fully saturated rings. The number of amides is 1. The zero-order valence-corrected chi connectivity index (χ0v) is 14.0. The largest absolute Gasteiger partial charge is 0.376 e. The Labute approximate surface area is 146 Å². The van der Waals surface area contributed by atoms with Gasteiger partial charge in [-0.3, -0.25) is 14.8 Å². The molecule has 0 saturated carbocycles. The summed E-state index contributed by atoms with van der Waals surface area (Å²) >= 11 is 0. The van der Waals surface area contributed by atoms with Crippen LogP contribution < -0.4 is 0 Å². The second-order valence-electron chi connectivity index (χ2n) is 6.67. The number of carbonyl (C=O) groups is 1. The summed E-state index contributed by atoms with van der Waals surface area (Å²) in [4.78, 5) is 22.3. The van der Waals surface area contributed by atoms with Gasteiger partial charge in [-0.25, -0.2) is 0 Å². The highest BCUT2D eigenvalue weighted by atomic mass is 16.5. The van der Waals surface area contributed by atoms with Gasteiger partial charge in [-0.05, 0) is 36.2 Å². The van der Waals surface area contributed by atoms with Crippen molar-refractivity contribution in [3.63, 3.8) is 0 Å². The average molecular weight is 339 g/mol. The second kappa shape index (κ2) is 6.90. The highest BCUT2D eigenvalue weighted by Gasteiger charge is 2.54. The fourth-order valence-corrected chi connectivity index (χ4v) is 3.59. The zero-order chi connectivity index (χ0) is 17.1. The lowest BCUT2D eigenvalue weighted by atomic mass is 9.81. The van der Waals surface area contributed by atoms with Gasteiger partial charge in [0, 0.05) is 42.9 Å². The van der Waals surface area contributed by atoms with E-state index in [0.717, 1.165) is 18.6 Å². The predicted molar refractivity (Wildman–Crippen MR) is 90.8 cm³/mol. The Morgan fingerprint density at radius 3 is 2.56 bits per heavy atom. The number of hydrogen-bond acceptors (Lipinski definition) is 5. The highest BCUT2D eigenvalue weighted by molar-refractivity contribution is 5.94. The van der Waals surface area contributed by atoms with Crippen LogP contribution in [0.1, 0.15) is 22.3 Å². The molecule has 4 heterocycles. The quantitative estimate of drug-likeness (QED) is 0.833. The van der Waals surface area contributed by atoms with Crippen LogP contribution in [-0.4, -0.2) is 52.7 Å². The molecule has 0 aliphatic carbocycles. The third kappa shape index (κ3) is 3.27. The lowest BCUT2D eigenvalue weighted by Crippen LogP contribution is -2.66. The van der Waals surface area contributed by atoms with E-state index in [0.29, 0.717) is 37.8 Å². The van der Waals surface area contributed by atoms with Crippen molar-refractivity contribution >= 4 is 5.91 Å². The number of carbonyl (C=O) groups excluding carboxylic acids is 1. The first-order chi connectivity index (χ1) is 12.3. The van der Waals surface area contributed by atoms with Gasteiger partial charge in [0.2, 0.25) is 0 Å². The molecule has 2 aromatic rings. The molecule has 6 heteroatoms. The number of aromatic nitrogens is 2. The van der Waals surface area contributed by atoms with Crippen molar-refractivity contribution in [3.8, 4) is 0 Å². The smallest absolute Gasteiger partial charge is 0.254 e. The molecule has 0 unspecified atom stereocenters. The van der Waals surface area contributed by atoms with Crippen molar-refractivity contribution in [2.24, 2.45) is 5.92 Å². The number of ether oxygens (including phenoxy) is 2. The normalized spacial score (nSPS) is 21.3. The van der Waals surface area contributed by atoms with E-state index in [1.54, 1.807) is 36.9 Å². The summed E-state index contributed by atoms with van der Waals surface area (Å²) in [6.07, 6.45) is 7.81. The van der Waals surface area contributed by atoms with Gasteiger partial charge >= 0.3 is 0 Å². The van der Waals surface area contributed by atoms with Crippen molar-refractivity contribution in [1.82, 2.24) is 14.9 Å². The lowest BCUT2D eigenvalue weighted by molar-refractivity contribution is -0.129. The number of likely N-dealkylation sites (tertiary alicyclic amines) is 1. The van der Waals surface area contributed by atoms with Crippen LogP contribution in [0.15, 0.2) is 49.1 Å². The van der Waals surface area contributed by atoms with Gasteiger partial charge in [0.25, 0.3) is 5.91 Å². The summed E-state index contributed by atoms with van der Waals surface area (Å²) in [7, 11) is 0. The Hall–Kier alpha value is -2.31. The molecule has 4 rings (SSSR count). The van der Waals surface area contributed by atoms with Gasteiger partial charge in [-0.15, -0.1) is 0 Å². The van der Waals surface area contributed by atoms with E-state index in [4.69, 9.17) is 9.47 Å². The van der Waals surface area contributed by atoms with Crippen molar-refractivity contribution in [1.29, 1.82) is 0 Å². The minimum atomic E-state index is -0.235. The molecule has 2 aromatic heterocycles. The minimum Gasteiger partial charge on any atom is -0.376 e. The van der Waals surface area contributed by atoms with E-state index in [2.05, 4.69) is 9.97 Å². The summed E-state index contributed by atoms with van der Waals surface area (Å²) in [6.45, 7) is 3.24. The fraction of sp³-hybridized carbons (Fsp3) is 0.421. The summed E-state index contributed by atoms with van der Waals surface area (Å²) in [6, 6.07) is 7.41. The molecule has 0 radical (unpaired) electrons. The number of hydrogen-bond donors (Lipinski definition) is 0. The Morgan fingerprint density at radius 2 is 1.84 bits per heavy atom. The molecular formula is C19H21N3O3. The van der Waals surface area contributed by atoms with E-state index in [1.807, 2.05) is 17.0 Å². The number of pyridine rings is 2. The van der Waals surface area contributed by atoms with Crippen LogP contribution in [0.5, 0.6) is 0 Å². The van der Waals surface area contributed by atoms with Gasteiger partial charge in [0.05, 0.1) is 26.3 Å². The topological polar surface area (TPSA) is 64.6 Å². The third-order valence-electron chi connectivity index (χ3n) is 5.07. The molecular weight excluding hydrogens is 318 g/mol. The summed E-state index contributed by atoms with van der Waals surface area (Å²) in [5.74, 6) is 0.371. The fourth-order valence-electron chi connectivity index (χ4n) is 3.59. The molecule has 0 aromatic carbocycles. The monoisotopic (exact) mass is 339 g/mol. The third-order valence-corrected chi connectivity index (χ3v) is 5.07. The second-order valence-corrected chi connectivity index (χ2v) is 6.67. The first kappa shape index (κ1) is 16.2. The standard InChI is InChI=1S/C19H21N3O3/c23-18(16-3-8-21-9-4-16)22-13-19(14-22)17(5-10-25-19)12-24-11-15-1-6-20-7-2-15/h1-4,6-9,17H,5,10-14H2/t17-/m1/s1. The van der Waals surface area contributed by atoms with E-state index in [9.17, 15) is 4.79 Å². The molecule has 1 atom stereocenters. The molecule has 2 aliphatic rings. The summed E-state index contributed by atoms with van der Waals surface area (Å²) in [5, 5.41) is 0. The molecule has 2 aliphatic heterocycles. The first-order valence-corrected chi connectivity index (χ1v) is 8.57. The molecule has 1 spiro atoms. The van der Waals surface area contributed by atoms with E-state index < -0.39 is 0 Å². The molecule has 2 saturated heterocycles. The van der Waals surface area contributed by atoms with Crippen LogP contribution in [-0.2, 0) is 16.1 Å². The van der Waals surface area contributed by atoms with E-state index >= 15 is 0 Å². The van der Waals surface area contributed by atoms with Crippen LogP contribution in [0.4, 0.5) is 0 Å². The zero-order valence-electron chi connectivity index (χ0n) is 14.0. The molecule has 0 bridgehead atoms. The molecule has 0 N–H and O–H groups in total. The Kier molecular flexibility index (Phi) is 4.46. The van der Waals surface area contributed by atoms with Crippen LogP contribution in [0.25, 0.3) is 0 Å². The van der Waals surface area contributed by atoms with Crippen molar-refractivity contribution in [2.75, 3.05) is 26.3 Å². The maximum atomic E-state index is 12.5. The van der Waals surface area contributed by atoms with Gasteiger partial charge in [-0.2, -0.15) is 0 Å². The molecule has 6 nitrogen and oxygen atoms in total. The SMILES string of the molecule is O=C(c1ccncc1)N1CC2(C1)OCC[C@@H]2COCc1ccncc1. The maximum Gasteiger partial charge on any atom is 0.254 e. The average Bonchev–Trinajstić information content (AvgIpc) is 3.05. The number of nitrogens with zero attached hydrogens (tertiary/aromatic N) is 3. The Bertz CT molecular complexity index is 717. The van der Waals surface area contributed by atoms with E-state index in [1.165, 1.54) is 0 Å². The molecule has 130 valence electrons. The van der Waals surface area contributed by atoms with Crippen molar-refractivity contribution in [3.05, 3.63) is 60.2 Å². The highest BCUT2D eigenvalue weighted by Crippen LogP contribution is 2.40. The van der Waals surface area contributed by atoms with Crippen LogP contribution in [0, 0.1) is 5.92 Å². The van der Waals surface area contributed by atoms with Crippen LogP contribution in [0.3, 0.4) is 0 Å². The Balaban J connectivity index is 1.31. The minimum absolute atomic E-state index is 0.0416. The van der Waals surface area contributed by atoms with Crippen molar-refractivity contribution < 1.29 is 14.3 Å². The summed E-state index contributed by atoms with van der Waals surface area (Å²) in [5.41, 5.74) is 1.56. The van der Waals surface area contributed by atoms with Crippen molar-refractivity contribution in [2.45, 2.75) is 18.6 Å². The summed E-state index contributed by atoms with van der Waals surface area (Å²) < 4.78 is 11.9. The maximum absolute atomic E-state index is 12.5. The Morgan fingerprint density at radius 1 is 1.16 bits per heavy atom. The predicted octanol–water partition coefficient (Wildman–Crippen LogP) is 1.92. The number of rotatable bonds is 5. The van der Waals surface area contributed by atoms with Gasteiger partial charge in [-0.1, -0.05) is 0 Å². The molecule has 1 amide bonds. The van der Waals surface area contributed by atoms with Crippen LogP contribution >= 0.6 is 0 Å². The van der Waals surface area contributed by atoms with E-state index in [-0.39, 0.29) is 11.5 Å². The van der Waals surface area contributed by atoms with Gasteiger partial charge in [0.1, 0.15) is 5.60 Å².